The van der Waals surface area contributed by atoms with Crippen LogP contribution >= 0.6 is 15.9 Å². The summed E-state index contributed by atoms with van der Waals surface area (Å²) in [5.41, 5.74) is 0.377. The molecule has 0 heterocycles. The normalized spacial score (nSPS) is 11.6. The molecule has 0 aliphatic carbocycles. The predicted octanol–water partition coefficient (Wildman–Crippen LogP) is 1.71. The summed E-state index contributed by atoms with van der Waals surface area (Å²) in [7, 11) is -4.21. The van der Waals surface area contributed by atoms with Crippen LogP contribution in [0.5, 0.6) is 5.75 Å². The average molecular weight is 267 g/mol. The molecule has 0 fully saturated rings. The van der Waals surface area contributed by atoms with Crippen molar-refractivity contribution in [2.24, 2.45) is 0 Å². The molecule has 13 heavy (non-hydrogen) atoms. The minimum atomic E-state index is -4.21. The molecule has 4 nitrogen and oxygen atoms in total. The van der Waals surface area contributed by atoms with E-state index in [4.69, 9.17) is 4.55 Å². The highest BCUT2D eigenvalue weighted by Gasteiger charge is 2.13. The lowest BCUT2D eigenvalue weighted by molar-refractivity contribution is 0.465. The number of aryl methyl sites for hydroxylation is 1. The summed E-state index contributed by atoms with van der Waals surface area (Å²) in [5, 5.41) is 9.27. The summed E-state index contributed by atoms with van der Waals surface area (Å²) in [5.74, 6) is -0.0348. The monoisotopic (exact) mass is 266 g/mol. The van der Waals surface area contributed by atoms with Gasteiger partial charge in [0.2, 0.25) is 0 Å². The summed E-state index contributed by atoms with van der Waals surface area (Å²) >= 11 is 2.96. The molecule has 2 N–H and O–H groups in total. The van der Waals surface area contributed by atoms with Gasteiger partial charge in [-0.25, -0.2) is 0 Å². The summed E-state index contributed by atoms with van der Waals surface area (Å²) < 4.78 is 30.3. The van der Waals surface area contributed by atoms with Gasteiger partial charge in [0.15, 0.2) is 0 Å². The minimum absolute atomic E-state index is 0.0348. The lowest BCUT2D eigenvalue weighted by Crippen LogP contribution is -1.98. The van der Waals surface area contributed by atoms with E-state index in [1.807, 2.05) is 0 Å². The van der Waals surface area contributed by atoms with E-state index in [0.717, 1.165) is 6.07 Å². The van der Waals surface area contributed by atoms with E-state index in [2.05, 4.69) is 15.9 Å². The number of phenols is 1. The van der Waals surface area contributed by atoms with Gasteiger partial charge in [0.1, 0.15) is 5.75 Å². The zero-order valence-electron chi connectivity index (χ0n) is 6.65. The van der Waals surface area contributed by atoms with Crippen molar-refractivity contribution in [1.82, 2.24) is 0 Å². The van der Waals surface area contributed by atoms with Gasteiger partial charge in [-0.15, -0.1) is 0 Å². The van der Waals surface area contributed by atoms with Crippen molar-refractivity contribution in [2.45, 2.75) is 11.8 Å². The maximum atomic E-state index is 10.7. The highest BCUT2D eigenvalue weighted by molar-refractivity contribution is 9.10. The second kappa shape index (κ2) is 3.28. The van der Waals surface area contributed by atoms with E-state index in [0.29, 0.717) is 5.56 Å². The van der Waals surface area contributed by atoms with Crippen LogP contribution in [0.25, 0.3) is 0 Å². The molecule has 0 aromatic heterocycles. The molecular formula is C7H7BrO4S. The van der Waals surface area contributed by atoms with E-state index >= 15 is 0 Å². The Morgan fingerprint density at radius 3 is 2.31 bits per heavy atom. The first kappa shape index (κ1) is 10.5. The van der Waals surface area contributed by atoms with Crippen LogP contribution in [-0.4, -0.2) is 18.1 Å². The fourth-order valence-electron chi connectivity index (χ4n) is 0.854. The first-order valence-electron chi connectivity index (χ1n) is 3.29. The maximum absolute atomic E-state index is 10.7. The SMILES string of the molecule is Cc1cc(S(=O)(=O)O)cc(Br)c1O. The quantitative estimate of drug-likeness (QED) is 0.759. The van der Waals surface area contributed by atoms with Gasteiger partial charge in [-0.3, -0.25) is 4.55 Å². The Bertz CT molecular complexity index is 415. The van der Waals surface area contributed by atoms with E-state index in [1.165, 1.54) is 13.0 Å². The molecular weight excluding hydrogens is 260 g/mol. The Morgan fingerprint density at radius 2 is 1.92 bits per heavy atom. The summed E-state index contributed by atoms with van der Waals surface area (Å²) in [6, 6.07) is 2.33. The molecule has 1 aromatic rings. The van der Waals surface area contributed by atoms with E-state index in [1.54, 1.807) is 0 Å². The van der Waals surface area contributed by atoms with Gasteiger partial charge < -0.3 is 5.11 Å². The molecule has 0 amide bonds. The van der Waals surface area contributed by atoms with Crippen LogP contribution in [0, 0.1) is 6.92 Å². The van der Waals surface area contributed by atoms with Crippen LogP contribution in [0.2, 0.25) is 0 Å². The lowest BCUT2D eigenvalue weighted by Gasteiger charge is -2.03. The van der Waals surface area contributed by atoms with Crippen molar-refractivity contribution in [3.8, 4) is 5.75 Å². The first-order valence-corrected chi connectivity index (χ1v) is 5.52. The number of rotatable bonds is 1. The Kier molecular flexibility index (Phi) is 2.65. The second-order valence-electron chi connectivity index (χ2n) is 2.55. The molecule has 1 rings (SSSR count). The van der Waals surface area contributed by atoms with Crippen molar-refractivity contribution >= 4 is 26.0 Å². The average Bonchev–Trinajstić information content (AvgIpc) is 1.97. The molecule has 0 aliphatic rings. The minimum Gasteiger partial charge on any atom is -0.506 e. The summed E-state index contributed by atoms with van der Waals surface area (Å²) in [6.07, 6.45) is 0. The van der Waals surface area contributed by atoms with Gasteiger partial charge in [0.25, 0.3) is 10.1 Å². The molecule has 72 valence electrons. The summed E-state index contributed by atoms with van der Waals surface area (Å²) in [6.45, 7) is 1.54. The van der Waals surface area contributed by atoms with E-state index < -0.39 is 10.1 Å². The van der Waals surface area contributed by atoms with Crippen LogP contribution in [0.1, 0.15) is 5.56 Å². The third-order valence-electron chi connectivity index (χ3n) is 1.53. The fourth-order valence-corrected chi connectivity index (χ4v) is 2.16. The molecule has 0 aliphatic heterocycles. The third kappa shape index (κ3) is 2.20. The standard InChI is InChI=1S/C7H7BrO4S/c1-4-2-5(13(10,11)12)3-6(8)7(4)9/h2-3,9H,1H3,(H,10,11,12). The number of hydrogen-bond donors (Lipinski definition) is 2. The molecule has 1 aromatic carbocycles. The van der Waals surface area contributed by atoms with E-state index in [-0.39, 0.29) is 15.1 Å². The highest BCUT2D eigenvalue weighted by atomic mass is 79.9. The van der Waals surface area contributed by atoms with Crippen molar-refractivity contribution < 1.29 is 18.1 Å². The first-order chi connectivity index (χ1) is 5.82. The molecule has 0 spiro atoms. The molecule has 0 unspecified atom stereocenters. The molecule has 0 radical (unpaired) electrons. The maximum Gasteiger partial charge on any atom is 0.294 e. The van der Waals surface area contributed by atoms with Crippen molar-refractivity contribution in [3.05, 3.63) is 22.2 Å². The van der Waals surface area contributed by atoms with Gasteiger partial charge in [0.05, 0.1) is 9.37 Å². The molecule has 0 atom stereocenters. The molecule has 6 heteroatoms. The Balaban J connectivity index is 3.47. The van der Waals surface area contributed by atoms with Gasteiger partial charge in [-0.2, -0.15) is 8.42 Å². The van der Waals surface area contributed by atoms with Crippen LogP contribution in [-0.2, 0) is 10.1 Å². The number of hydrogen-bond acceptors (Lipinski definition) is 3. The molecule has 0 saturated heterocycles. The zero-order chi connectivity index (χ0) is 10.2. The predicted molar refractivity (Wildman–Crippen MR) is 50.4 cm³/mol. The largest absolute Gasteiger partial charge is 0.506 e. The van der Waals surface area contributed by atoms with Crippen molar-refractivity contribution in [2.75, 3.05) is 0 Å². The number of aromatic hydroxyl groups is 1. The molecule has 0 saturated carbocycles. The Morgan fingerprint density at radius 1 is 1.38 bits per heavy atom. The Labute approximate surface area is 84.1 Å². The van der Waals surface area contributed by atoms with Gasteiger partial charge in [-0.05, 0) is 40.5 Å². The van der Waals surface area contributed by atoms with Crippen LogP contribution < -0.4 is 0 Å². The highest BCUT2D eigenvalue weighted by Crippen LogP contribution is 2.30. The van der Waals surface area contributed by atoms with Crippen molar-refractivity contribution in [1.29, 1.82) is 0 Å². The Hall–Kier alpha value is -0.590. The smallest absolute Gasteiger partial charge is 0.294 e. The fraction of sp³-hybridized carbons (Fsp3) is 0.143. The van der Waals surface area contributed by atoms with Gasteiger partial charge in [0, 0.05) is 0 Å². The number of halogens is 1. The van der Waals surface area contributed by atoms with Crippen LogP contribution in [0.4, 0.5) is 0 Å². The second-order valence-corrected chi connectivity index (χ2v) is 4.82. The van der Waals surface area contributed by atoms with Gasteiger partial charge in [-0.1, -0.05) is 0 Å². The number of phenolic OH excluding ortho intramolecular Hbond substituents is 1. The molecule has 0 bridgehead atoms. The van der Waals surface area contributed by atoms with Crippen molar-refractivity contribution in [3.63, 3.8) is 0 Å². The van der Waals surface area contributed by atoms with E-state index in [9.17, 15) is 13.5 Å². The lowest BCUT2D eigenvalue weighted by atomic mass is 10.2. The third-order valence-corrected chi connectivity index (χ3v) is 2.96. The summed E-state index contributed by atoms with van der Waals surface area (Å²) in [4.78, 5) is -0.241. The zero-order valence-corrected chi connectivity index (χ0v) is 9.05. The topological polar surface area (TPSA) is 74.6 Å². The van der Waals surface area contributed by atoms with Gasteiger partial charge >= 0.3 is 0 Å². The number of benzene rings is 1. The van der Waals surface area contributed by atoms with Crippen LogP contribution in [0.3, 0.4) is 0 Å². The van der Waals surface area contributed by atoms with Crippen LogP contribution in [0.15, 0.2) is 21.5 Å².